The summed E-state index contributed by atoms with van der Waals surface area (Å²) in [6, 6.07) is 14.8. The Balaban J connectivity index is 1.78. The molecular weight excluding hydrogens is 371 g/mol. The number of carbonyl (C=O) groups excluding carboxylic acids is 2. The number of amides is 2. The van der Waals surface area contributed by atoms with Gasteiger partial charge in [0.2, 0.25) is 5.91 Å². The molecule has 0 radical (unpaired) electrons. The van der Waals surface area contributed by atoms with Crippen LogP contribution in [0.3, 0.4) is 0 Å². The topological polar surface area (TPSA) is 74.0 Å². The lowest BCUT2D eigenvalue weighted by molar-refractivity contribution is -0.174. The Morgan fingerprint density at radius 3 is 2.39 bits per heavy atom. The molecule has 0 aliphatic heterocycles. The van der Waals surface area contributed by atoms with E-state index in [0.29, 0.717) is 5.56 Å². The average Bonchev–Trinajstić information content (AvgIpc) is 3.08. The maximum atomic E-state index is 12.7. The zero-order valence-electron chi connectivity index (χ0n) is 14.7. The summed E-state index contributed by atoms with van der Waals surface area (Å²) in [6.45, 7) is 0.145. The first-order chi connectivity index (χ1) is 13.3. The van der Waals surface area contributed by atoms with Gasteiger partial charge in [0.1, 0.15) is 6.04 Å². The number of alkyl halides is 3. The maximum Gasteiger partial charge on any atom is 0.471 e. The number of hydrogen-bond donors (Lipinski definition) is 3. The van der Waals surface area contributed by atoms with Crippen molar-refractivity contribution >= 4 is 22.7 Å². The molecule has 0 unspecified atom stereocenters. The zero-order valence-corrected chi connectivity index (χ0v) is 14.7. The second-order valence-corrected chi connectivity index (χ2v) is 6.29. The van der Waals surface area contributed by atoms with Gasteiger partial charge in [0.25, 0.3) is 0 Å². The third-order valence-corrected chi connectivity index (χ3v) is 4.29. The Morgan fingerprint density at radius 1 is 1.00 bits per heavy atom. The Bertz CT molecular complexity index is 967. The number of aromatic amines is 1. The number of rotatable bonds is 6. The van der Waals surface area contributed by atoms with Crippen LogP contribution in [-0.2, 0) is 22.6 Å². The van der Waals surface area contributed by atoms with Gasteiger partial charge in [-0.1, -0.05) is 48.5 Å². The molecule has 0 fully saturated rings. The van der Waals surface area contributed by atoms with Gasteiger partial charge in [0.15, 0.2) is 0 Å². The maximum absolute atomic E-state index is 12.7. The Hall–Kier alpha value is -3.29. The quantitative estimate of drug-likeness (QED) is 0.606. The molecule has 3 aromatic rings. The van der Waals surface area contributed by atoms with E-state index >= 15 is 0 Å². The predicted octanol–water partition coefficient (Wildman–Crippen LogP) is 3.07. The van der Waals surface area contributed by atoms with Gasteiger partial charge in [-0.3, -0.25) is 9.59 Å². The van der Waals surface area contributed by atoms with Gasteiger partial charge in [0, 0.05) is 30.1 Å². The predicted molar refractivity (Wildman–Crippen MR) is 98.3 cm³/mol. The van der Waals surface area contributed by atoms with Crippen LogP contribution in [0, 0.1) is 0 Å². The molecule has 0 saturated heterocycles. The standard InChI is InChI=1S/C20H18F3N3O2/c21-20(22,23)19(28)26-17(18(27)25-11-13-6-2-1-3-7-13)10-14-12-24-16-9-5-4-8-15(14)16/h1-9,12,17,24H,10-11H2,(H,25,27)(H,26,28)/t17-/m0/s1. The minimum absolute atomic E-state index is 0.0769. The zero-order chi connectivity index (χ0) is 20.1. The largest absolute Gasteiger partial charge is 0.471 e. The Morgan fingerprint density at radius 2 is 1.68 bits per heavy atom. The lowest BCUT2D eigenvalue weighted by Crippen LogP contribution is -2.51. The summed E-state index contributed by atoms with van der Waals surface area (Å²) in [5.74, 6) is -2.83. The summed E-state index contributed by atoms with van der Waals surface area (Å²) in [6.07, 6.45) is -3.52. The fourth-order valence-electron chi connectivity index (χ4n) is 2.88. The number of halogens is 3. The molecule has 0 aliphatic rings. The molecule has 2 amide bonds. The van der Waals surface area contributed by atoms with Gasteiger partial charge in [-0.25, -0.2) is 0 Å². The molecule has 146 valence electrons. The molecule has 1 atom stereocenters. The fourth-order valence-corrected chi connectivity index (χ4v) is 2.88. The second-order valence-electron chi connectivity index (χ2n) is 6.29. The normalized spacial score (nSPS) is 12.5. The number of fused-ring (bicyclic) bond motifs is 1. The van der Waals surface area contributed by atoms with Gasteiger partial charge >= 0.3 is 12.1 Å². The molecule has 0 saturated carbocycles. The van der Waals surface area contributed by atoms with E-state index in [2.05, 4.69) is 10.3 Å². The molecule has 3 rings (SSSR count). The first-order valence-electron chi connectivity index (χ1n) is 8.59. The van der Waals surface area contributed by atoms with Gasteiger partial charge in [-0.2, -0.15) is 13.2 Å². The average molecular weight is 389 g/mol. The van der Waals surface area contributed by atoms with Crippen molar-refractivity contribution in [3.63, 3.8) is 0 Å². The van der Waals surface area contributed by atoms with Crippen LogP contribution in [-0.4, -0.2) is 29.0 Å². The Kier molecular flexibility index (Phi) is 5.67. The highest BCUT2D eigenvalue weighted by Crippen LogP contribution is 2.20. The third-order valence-electron chi connectivity index (χ3n) is 4.29. The van der Waals surface area contributed by atoms with Crippen molar-refractivity contribution in [3.8, 4) is 0 Å². The van der Waals surface area contributed by atoms with E-state index in [1.807, 2.05) is 18.2 Å². The number of carbonyl (C=O) groups is 2. The third kappa shape index (κ3) is 4.70. The Labute approximate surface area is 158 Å². The van der Waals surface area contributed by atoms with Crippen molar-refractivity contribution < 1.29 is 22.8 Å². The molecule has 8 heteroatoms. The number of para-hydroxylation sites is 1. The number of aromatic nitrogens is 1. The molecule has 5 nitrogen and oxygen atoms in total. The minimum Gasteiger partial charge on any atom is -0.361 e. The van der Waals surface area contributed by atoms with Crippen LogP contribution in [0.15, 0.2) is 60.8 Å². The number of benzene rings is 2. The summed E-state index contributed by atoms with van der Waals surface area (Å²) in [5, 5.41) is 5.17. The summed E-state index contributed by atoms with van der Waals surface area (Å²) in [5.41, 5.74) is 2.23. The number of H-pyrrole nitrogens is 1. The minimum atomic E-state index is -5.07. The molecule has 2 aromatic carbocycles. The van der Waals surface area contributed by atoms with Crippen molar-refractivity contribution in [2.75, 3.05) is 0 Å². The summed E-state index contributed by atoms with van der Waals surface area (Å²) in [4.78, 5) is 27.0. The van der Waals surface area contributed by atoms with Gasteiger partial charge < -0.3 is 15.6 Å². The highest BCUT2D eigenvalue weighted by atomic mass is 19.4. The van der Waals surface area contributed by atoms with Crippen molar-refractivity contribution in [3.05, 3.63) is 71.9 Å². The van der Waals surface area contributed by atoms with Crippen molar-refractivity contribution in [2.45, 2.75) is 25.2 Å². The van der Waals surface area contributed by atoms with Crippen molar-refractivity contribution in [1.82, 2.24) is 15.6 Å². The highest BCUT2D eigenvalue weighted by Gasteiger charge is 2.40. The van der Waals surface area contributed by atoms with E-state index in [0.717, 1.165) is 16.5 Å². The van der Waals surface area contributed by atoms with Crippen LogP contribution in [0.2, 0.25) is 0 Å². The van der Waals surface area contributed by atoms with E-state index in [1.165, 1.54) is 0 Å². The molecule has 0 spiro atoms. The van der Waals surface area contributed by atoms with Crippen molar-refractivity contribution in [2.24, 2.45) is 0 Å². The van der Waals surface area contributed by atoms with E-state index in [1.54, 1.807) is 47.9 Å². The lowest BCUT2D eigenvalue weighted by Gasteiger charge is -2.19. The molecular formula is C20H18F3N3O2. The fraction of sp³-hybridized carbons (Fsp3) is 0.200. The number of hydrogen-bond acceptors (Lipinski definition) is 2. The van der Waals surface area contributed by atoms with E-state index in [9.17, 15) is 22.8 Å². The summed E-state index contributed by atoms with van der Waals surface area (Å²) in [7, 11) is 0. The molecule has 1 heterocycles. The first-order valence-corrected chi connectivity index (χ1v) is 8.59. The lowest BCUT2D eigenvalue weighted by atomic mass is 10.0. The van der Waals surface area contributed by atoms with E-state index in [-0.39, 0.29) is 13.0 Å². The highest BCUT2D eigenvalue weighted by molar-refractivity contribution is 5.91. The van der Waals surface area contributed by atoms with Crippen LogP contribution >= 0.6 is 0 Å². The van der Waals surface area contributed by atoms with Crippen LogP contribution in [0.5, 0.6) is 0 Å². The summed E-state index contributed by atoms with van der Waals surface area (Å²) < 4.78 is 38.1. The molecule has 28 heavy (non-hydrogen) atoms. The monoisotopic (exact) mass is 389 g/mol. The van der Waals surface area contributed by atoms with Crippen LogP contribution < -0.4 is 10.6 Å². The SMILES string of the molecule is O=C(NCc1ccccc1)[C@H](Cc1c[nH]c2ccccc12)NC(=O)C(F)(F)F. The van der Waals surface area contributed by atoms with Crippen LogP contribution in [0.4, 0.5) is 13.2 Å². The molecule has 0 aliphatic carbocycles. The van der Waals surface area contributed by atoms with Gasteiger partial charge in [0.05, 0.1) is 0 Å². The van der Waals surface area contributed by atoms with Gasteiger partial charge in [-0.15, -0.1) is 0 Å². The molecule has 3 N–H and O–H groups in total. The van der Waals surface area contributed by atoms with E-state index in [4.69, 9.17) is 0 Å². The smallest absolute Gasteiger partial charge is 0.361 e. The van der Waals surface area contributed by atoms with E-state index < -0.39 is 24.0 Å². The first kappa shape index (κ1) is 19.5. The molecule has 0 bridgehead atoms. The molecule has 1 aromatic heterocycles. The van der Waals surface area contributed by atoms with Crippen LogP contribution in [0.1, 0.15) is 11.1 Å². The van der Waals surface area contributed by atoms with Crippen molar-refractivity contribution in [1.29, 1.82) is 0 Å². The summed E-state index contributed by atoms with van der Waals surface area (Å²) >= 11 is 0. The second kappa shape index (κ2) is 8.16. The number of nitrogens with one attached hydrogen (secondary N) is 3. The van der Waals surface area contributed by atoms with Crippen LogP contribution in [0.25, 0.3) is 10.9 Å². The van der Waals surface area contributed by atoms with Gasteiger partial charge in [-0.05, 0) is 17.2 Å².